The van der Waals surface area contributed by atoms with Crippen molar-refractivity contribution in [2.45, 2.75) is 32.8 Å². The lowest BCUT2D eigenvalue weighted by Gasteiger charge is -2.16. The molecule has 0 aliphatic rings. The number of aromatic nitrogens is 1. The highest BCUT2D eigenvalue weighted by molar-refractivity contribution is 7.09. The van der Waals surface area contributed by atoms with Crippen LogP contribution in [0.25, 0.3) is 0 Å². The van der Waals surface area contributed by atoms with Crippen LogP contribution in [0.15, 0.2) is 17.5 Å². The fourth-order valence-electron chi connectivity index (χ4n) is 2.26. The number of Topliss-reactive ketones (excluding diaryl/α,β-unsaturated/α-hetero) is 1. The van der Waals surface area contributed by atoms with Crippen molar-refractivity contribution in [3.63, 3.8) is 0 Å². The molecule has 9 heteroatoms. The summed E-state index contributed by atoms with van der Waals surface area (Å²) in [6, 6.07) is 4.69. The van der Waals surface area contributed by atoms with Crippen LogP contribution in [0.1, 0.15) is 40.8 Å². The number of carbonyl (C=O) groups is 2. The van der Waals surface area contributed by atoms with E-state index in [1.807, 2.05) is 19.9 Å². The van der Waals surface area contributed by atoms with Crippen LogP contribution in [0, 0.1) is 18.3 Å². The molecule has 28 heavy (non-hydrogen) atoms. The minimum Gasteiger partial charge on any atom is -0.493 e. The van der Waals surface area contributed by atoms with Crippen LogP contribution in [0.4, 0.5) is 0 Å². The second-order valence-electron chi connectivity index (χ2n) is 6.09. The summed E-state index contributed by atoms with van der Waals surface area (Å²) in [4.78, 5) is 28.8. The number of ketones is 1. The van der Waals surface area contributed by atoms with Crippen LogP contribution >= 0.6 is 22.9 Å². The van der Waals surface area contributed by atoms with Crippen LogP contribution < -0.4 is 9.47 Å². The normalized spacial score (nSPS) is 11.6. The molecule has 0 unspecified atom stereocenters. The summed E-state index contributed by atoms with van der Waals surface area (Å²) >= 11 is 7.40. The van der Waals surface area contributed by atoms with Gasteiger partial charge in [-0.25, -0.2) is 9.78 Å². The zero-order valence-corrected chi connectivity index (χ0v) is 17.4. The van der Waals surface area contributed by atoms with Crippen molar-refractivity contribution in [2.24, 2.45) is 0 Å². The van der Waals surface area contributed by atoms with Crippen molar-refractivity contribution in [3.05, 3.63) is 38.8 Å². The molecule has 2 aromatic rings. The van der Waals surface area contributed by atoms with E-state index in [0.717, 1.165) is 5.69 Å². The lowest BCUT2D eigenvalue weighted by molar-refractivity contribution is -0.122. The Kier molecular flexibility index (Phi) is 7.38. The van der Waals surface area contributed by atoms with E-state index in [9.17, 15) is 14.9 Å². The zero-order valence-electron chi connectivity index (χ0n) is 15.8. The number of hydrogen-bond donors (Lipinski definition) is 0. The number of carbonyl (C=O) groups excluding carboxylic acids is 2. The molecule has 0 saturated heterocycles. The number of nitriles is 1. The molecule has 0 aliphatic heterocycles. The Morgan fingerprint density at radius 1 is 1.36 bits per heavy atom. The first kappa shape index (κ1) is 21.7. The molecule has 1 heterocycles. The lowest BCUT2D eigenvalue weighted by atomic mass is 10.1. The Labute approximate surface area is 171 Å². The minimum atomic E-state index is -1.08. The number of aryl methyl sites for hydroxylation is 1. The van der Waals surface area contributed by atoms with Gasteiger partial charge in [0.15, 0.2) is 29.8 Å². The average Bonchev–Trinajstić information content (AvgIpc) is 3.07. The molecule has 0 bridgehead atoms. The van der Waals surface area contributed by atoms with Crippen LogP contribution in [-0.4, -0.2) is 36.6 Å². The van der Waals surface area contributed by atoms with Gasteiger partial charge in [0.2, 0.25) is 0 Å². The van der Waals surface area contributed by atoms with Crippen LogP contribution in [0.5, 0.6) is 11.5 Å². The number of ether oxygens (including phenoxy) is 3. The SMILES string of the molecule is COc1cc(C(=O)OCC(=O)[C@@H](C#N)c2nc(C)cs2)cc(Cl)c1OC(C)C. The molecule has 148 valence electrons. The highest BCUT2D eigenvalue weighted by atomic mass is 35.5. The van der Waals surface area contributed by atoms with E-state index in [1.165, 1.54) is 30.6 Å². The summed E-state index contributed by atoms with van der Waals surface area (Å²) in [6.07, 6.45) is -0.140. The summed E-state index contributed by atoms with van der Waals surface area (Å²) in [7, 11) is 1.42. The van der Waals surface area contributed by atoms with Gasteiger partial charge in [-0.3, -0.25) is 4.79 Å². The van der Waals surface area contributed by atoms with Crippen molar-refractivity contribution < 1.29 is 23.8 Å². The molecule has 0 saturated carbocycles. The topological polar surface area (TPSA) is 98.5 Å². The van der Waals surface area contributed by atoms with Crippen molar-refractivity contribution in [1.29, 1.82) is 5.26 Å². The van der Waals surface area contributed by atoms with Gasteiger partial charge in [-0.1, -0.05) is 11.6 Å². The molecule has 0 N–H and O–H groups in total. The second kappa shape index (κ2) is 9.53. The third kappa shape index (κ3) is 5.21. The van der Waals surface area contributed by atoms with Crippen LogP contribution in [0.2, 0.25) is 5.02 Å². The molecule has 0 amide bonds. The number of hydrogen-bond acceptors (Lipinski definition) is 8. The molecule has 2 rings (SSSR count). The molecule has 0 aliphatic carbocycles. The van der Waals surface area contributed by atoms with Gasteiger partial charge in [0, 0.05) is 11.1 Å². The van der Waals surface area contributed by atoms with E-state index >= 15 is 0 Å². The van der Waals surface area contributed by atoms with Gasteiger partial charge in [0.05, 0.1) is 29.9 Å². The predicted molar refractivity (Wildman–Crippen MR) is 104 cm³/mol. The van der Waals surface area contributed by atoms with Gasteiger partial charge >= 0.3 is 5.97 Å². The first-order valence-electron chi connectivity index (χ1n) is 8.32. The maximum Gasteiger partial charge on any atom is 0.338 e. The van der Waals surface area contributed by atoms with E-state index in [4.69, 9.17) is 25.8 Å². The van der Waals surface area contributed by atoms with Crippen LogP contribution in [0.3, 0.4) is 0 Å². The standard InChI is InChI=1S/C19H19ClN2O5S/c1-10(2)27-17-14(20)5-12(6-16(17)25-4)19(24)26-8-15(23)13(7-21)18-22-11(3)9-28-18/h5-6,9-10,13H,8H2,1-4H3/t13-/m1/s1. The first-order chi connectivity index (χ1) is 13.3. The summed E-state index contributed by atoms with van der Waals surface area (Å²) in [6.45, 7) is 4.88. The highest BCUT2D eigenvalue weighted by Crippen LogP contribution is 2.37. The van der Waals surface area contributed by atoms with Gasteiger partial charge in [-0.2, -0.15) is 5.26 Å². The number of thiazole rings is 1. The van der Waals surface area contributed by atoms with Crippen molar-refractivity contribution in [3.8, 4) is 17.6 Å². The summed E-state index contributed by atoms with van der Waals surface area (Å²) in [5, 5.41) is 11.6. The number of esters is 1. The molecule has 7 nitrogen and oxygen atoms in total. The fourth-order valence-corrected chi connectivity index (χ4v) is 3.38. The Morgan fingerprint density at radius 3 is 2.61 bits per heavy atom. The molecule has 1 aromatic heterocycles. The monoisotopic (exact) mass is 422 g/mol. The van der Waals surface area contributed by atoms with Crippen molar-refractivity contribution >= 4 is 34.7 Å². The van der Waals surface area contributed by atoms with E-state index in [2.05, 4.69) is 4.98 Å². The molecule has 1 atom stereocenters. The maximum atomic E-state index is 12.3. The van der Waals surface area contributed by atoms with Gasteiger partial charge in [0.25, 0.3) is 0 Å². The van der Waals surface area contributed by atoms with Gasteiger partial charge in [-0.05, 0) is 32.9 Å². The largest absolute Gasteiger partial charge is 0.493 e. The van der Waals surface area contributed by atoms with Gasteiger partial charge in [0.1, 0.15) is 5.01 Å². The van der Waals surface area contributed by atoms with E-state index in [1.54, 1.807) is 12.3 Å². The minimum absolute atomic E-state index is 0.101. The number of methoxy groups -OCH3 is 1. The summed E-state index contributed by atoms with van der Waals surface area (Å²) in [5.74, 6) is -1.81. The smallest absolute Gasteiger partial charge is 0.338 e. The fraction of sp³-hybridized carbons (Fsp3) is 0.368. The van der Waals surface area contributed by atoms with E-state index < -0.39 is 24.3 Å². The number of benzene rings is 1. The van der Waals surface area contributed by atoms with Crippen LogP contribution in [-0.2, 0) is 9.53 Å². The summed E-state index contributed by atoms with van der Waals surface area (Å²) in [5.41, 5.74) is 0.819. The highest BCUT2D eigenvalue weighted by Gasteiger charge is 2.25. The average molecular weight is 423 g/mol. The maximum absolute atomic E-state index is 12.3. The Bertz CT molecular complexity index is 920. The van der Waals surface area contributed by atoms with Crippen molar-refractivity contribution in [2.75, 3.05) is 13.7 Å². The Balaban J connectivity index is 2.11. The Hall–Kier alpha value is -2.63. The van der Waals surface area contributed by atoms with Gasteiger partial charge in [-0.15, -0.1) is 11.3 Å². The number of nitrogens with zero attached hydrogens (tertiary/aromatic N) is 2. The van der Waals surface area contributed by atoms with Crippen molar-refractivity contribution in [1.82, 2.24) is 4.98 Å². The molecule has 1 aromatic carbocycles. The summed E-state index contributed by atoms with van der Waals surface area (Å²) < 4.78 is 15.9. The second-order valence-corrected chi connectivity index (χ2v) is 7.38. The molecule has 0 fully saturated rings. The third-order valence-corrected chi connectivity index (χ3v) is 4.81. The molecular weight excluding hydrogens is 404 g/mol. The third-order valence-electron chi connectivity index (χ3n) is 3.50. The first-order valence-corrected chi connectivity index (χ1v) is 9.58. The molecule has 0 spiro atoms. The lowest BCUT2D eigenvalue weighted by Crippen LogP contribution is -2.20. The molecular formula is C19H19ClN2O5S. The number of halogens is 1. The predicted octanol–water partition coefficient (Wildman–Crippen LogP) is 3.93. The van der Waals surface area contributed by atoms with Gasteiger partial charge < -0.3 is 14.2 Å². The quantitative estimate of drug-likeness (QED) is 0.594. The Morgan fingerprint density at radius 2 is 2.07 bits per heavy atom. The van der Waals surface area contributed by atoms with E-state index in [0.29, 0.717) is 10.8 Å². The van der Waals surface area contributed by atoms with E-state index in [-0.39, 0.29) is 22.4 Å². The zero-order chi connectivity index (χ0) is 20.8. The number of rotatable bonds is 8. The molecule has 0 radical (unpaired) electrons.